The van der Waals surface area contributed by atoms with Crippen LogP contribution in [0.25, 0.3) is 11.3 Å². The van der Waals surface area contributed by atoms with Crippen LogP contribution < -0.4 is 5.32 Å². The van der Waals surface area contributed by atoms with Crippen molar-refractivity contribution in [3.8, 4) is 11.3 Å². The fraction of sp³-hybridized carbons (Fsp3) is 0.200. The van der Waals surface area contributed by atoms with Gasteiger partial charge in [-0.3, -0.25) is 4.79 Å². The molecule has 27 heavy (non-hydrogen) atoms. The maximum Gasteiger partial charge on any atom is 0.256 e. The first-order valence-corrected chi connectivity index (χ1v) is 10.6. The molecule has 0 aliphatic carbocycles. The summed E-state index contributed by atoms with van der Waals surface area (Å²) in [7, 11) is -3.07. The lowest BCUT2D eigenvalue weighted by Gasteiger charge is -2.13. The molecular weight excluding hydrogens is 362 g/mol. The van der Waals surface area contributed by atoms with E-state index < -0.39 is 9.84 Å². The quantitative estimate of drug-likeness (QED) is 0.753. The number of nitrogens with one attached hydrogen (secondary N) is 1. The Hall–Kier alpha value is -2.93. The van der Waals surface area contributed by atoms with Crippen LogP contribution in [0.2, 0.25) is 0 Å². The van der Waals surface area contributed by atoms with E-state index in [4.69, 9.17) is 0 Å². The monoisotopic (exact) mass is 381 g/mol. The van der Waals surface area contributed by atoms with Gasteiger partial charge in [-0.1, -0.05) is 48.5 Å². The number of hydrogen-bond acceptors (Lipinski definition) is 4. The van der Waals surface area contributed by atoms with Crippen LogP contribution in [0.4, 0.5) is 5.82 Å². The highest BCUT2D eigenvalue weighted by Gasteiger charge is 2.31. The summed E-state index contributed by atoms with van der Waals surface area (Å²) in [5, 5.41) is 7.50. The summed E-state index contributed by atoms with van der Waals surface area (Å²) in [5.74, 6) is 0.434. The van der Waals surface area contributed by atoms with Crippen molar-refractivity contribution >= 4 is 21.6 Å². The lowest BCUT2D eigenvalue weighted by Crippen LogP contribution is -2.19. The van der Waals surface area contributed by atoms with Crippen molar-refractivity contribution in [3.63, 3.8) is 0 Å². The Labute approximate surface area is 157 Å². The summed E-state index contributed by atoms with van der Waals surface area (Å²) in [5.41, 5.74) is 2.14. The molecular formula is C20H19N3O3S. The zero-order valence-corrected chi connectivity index (χ0v) is 15.4. The number of benzene rings is 2. The molecule has 0 saturated carbocycles. The minimum absolute atomic E-state index is 0.0388. The number of carbonyl (C=O) groups is 1. The highest BCUT2D eigenvalue weighted by molar-refractivity contribution is 7.91. The predicted octanol–water partition coefficient (Wildman–Crippen LogP) is 3.16. The average Bonchev–Trinajstić information content (AvgIpc) is 3.26. The second kappa shape index (κ2) is 7.00. The van der Waals surface area contributed by atoms with Crippen molar-refractivity contribution in [1.82, 2.24) is 9.78 Å². The molecule has 1 aliphatic rings. The molecule has 0 unspecified atom stereocenters. The first kappa shape index (κ1) is 17.5. The van der Waals surface area contributed by atoms with Crippen molar-refractivity contribution in [2.24, 2.45) is 0 Å². The van der Waals surface area contributed by atoms with Gasteiger partial charge in [0.15, 0.2) is 9.84 Å². The van der Waals surface area contributed by atoms with E-state index >= 15 is 0 Å². The predicted molar refractivity (Wildman–Crippen MR) is 104 cm³/mol. The van der Waals surface area contributed by atoms with Gasteiger partial charge < -0.3 is 5.32 Å². The summed E-state index contributed by atoms with van der Waals surface area (Å²) < 4.78 is 25.5. The van der Waals surface area contributed by atoms with E-state index in [1.54, 1.807) is 35.0 Å². The summed E-state index contributed by atoms with van der Waals surface area (Å²) in [6, 6.07) is 20.0. The van der Waals surface area contributed by atoms with Crippen molar-refractivity contribution in [2.75, 3.05) is 16.8 Å². The fourth-order valence-corrected chi connectivity index (χ4v) is 4.95. The largest absolute Gasteiger partial charge is 0.307 e. The molecule has 1 aromatic heterocycles. The Bertz CT molecular complexity index is 1060. The van der Waals surface area contributed by atoms with Crippen molar-refractivity contribution in [1.29, 1.82) is 0 Å². The van der Waals surface area contributed by atoms with Gasteiger partial charge in [0.25, 0.3) is 5.91 Å². The highest BCUT2D eigenvalue weighted by Crippen LogP contribution is 2.30. The fourth-order valence-electron chi connectivity index (χ4n) is 3.26. The third-order valence-corrected chi connectivity index (χ3v) is 6.39. The summed E-state index contributed by atoms with van der Waals surface area (Å²) in [6.07, 6.45) is 0.493. The molecule has 4 rings (SSSR count). The van der Waals surface area contributed by atoms with E-state index in [-0.39, 0.29) is 23.5 Å². The molecule has 1 atom stereocenters. The molecule has 6 nitrogen and oxygen atoms in total. The van der Waals surface area contributed by atoms with Gasteiger partial charge in [0, 0.05) is 17.2 Å². The molecule has 1 saturated heterocycles. The minimum Gasteiger partial charge on any atom is -0.307 e. The molecule has 2 aromatic carbocycles. The van der Waals surface area contributed by atoms with Gasteiger partial charge in [-0.15, -0.1) is 0 Å². The minimum atomic E-state index is -3.07. The van der Waals surface area contributed by atoms with E-state index in [0.29, 0.717) is 23.5 Å². The van der Waals surface area contributed by atoms with Crippen LogP contribution in [0.15, 0.2) is 66.7 Å². The SMILES string of the molecule is O=C(Nc1cc(-c2ccccc2)nn1[C@@H]1CCS(=O)(=O)C1)c1ccccc1. The Morgan fingerprint density at radius 2 is 1.70 bits per heavy atom. The van der Waals surface area contributed by atoms with Crippen molar-refractivity contribution in [3.05, 3.63) is 72.3 Å². The van der Waals surface area contributed by atoms with Crippen LogP contribution >= 0.6 is 0 Å². The normalized spacial score (nSPS) is 18.3. The number of aromatic nitrogens is 2. The van der Waals surface area contributed by atoms with Gasteiger partial charge >= 0.3 is 0 Å². The third kappa shape index (κ3) is 3.78. The Morgan fingerprint density at radius 3 is 2.33 bits per heavy atom. The Morgan fingerprint density at radius 1 is 1.04 bits per heavy atom. The van der Waals surface area contributed by atoms with E-state index in [2.05, 4.69) is 10.4 Å². The summed E-state index contributed by atoms with van der Waals surface area (Å²) >= 11 is 0. The van der Waals surface area contributed by atoms with E-state index in [1.165, 1.54) is 0 Å². The summed E-state index contributed by atoms with van der Waals surface area (Å²) in [4.78, 5) is 12.6. The molecule has 0 spiro atoms. The van der Waals surface area contributed by atoms with Crippen LogP contribution in [0.1, 0.15) is 22.8 Å². The molecule has 0 bridgehead atoms. The molecule has 2 heterocycles. The molecule has 138 valence electrons. The lowest BCUT2D eigenvalue weighted by molar-refractivity contribution is 0.102. The summed E-state index contributed by atoms with van der Waals surface area (Å²) in [6.45, 7) is 0. The number of carbonyl (C=O) groups excluding carboxylic acids is 1. The number of rotatable bonds is 4. The van der Waals surface area contributed by atoms with Crippen LogP contribution in [0, 0.1) is 0 Å². The second-order valence-corrected chi connectivity index (χ2v) is 8.83. The topological polar surface area (TPSA) is 81.1 Å². The van der Waals surface area contributed by atoms with Gasteiger partial charge in [0.1, 0.15) is 5.82 Å². The van der Waals surface area contributed by atoms with Crippen molar-refractivity contribution in [2.45, 2.75) is 12.5 Å². The molecule has 7 heteroatoms. The Kier molecular flexibility index (Phi) is 4.53. The average molecular weight is 381 g/mol. The molecule has 1 fully saturated rings. The smallest absolute Gasteiger partial charge is 0.256 e. The second-order valence-electron chi connectivity index (χ2n) is 6.60. The highest BCUT2D eigenvalue weighted by atomic mass is 32.2. The number of anilines is 1. The van der Waals surface area contributed by atoms with Gasteiger partial charge in [-0.25, -0.2) is 13.1 Å². The van der Waals surface area contributed by atoms with Crippen molar-refractivity contribution < 1.29 is 13.2 Å². The molecule has 3 aromatic rings. The van der Waals surface area contributed by atoms with Gasteiger partial charge in [0.05, 0.1) is 23.2 Å². The van der Waals surface area contributed by atoms with E-state index in [9.17, 15) is 13.2 Å². The maximum absolute atomic E-state index is 12.6. The van der Waals surface area contributed by atoms with E-state index in [1.807, 2.05) is 36.4 Å². The van der Waals surface area contributed by atoms with Crippen LogP contribution in [-0.2, 0) is 9.84 Å². The van der Waals surface area contributed by atoms with Crippen LogP contribution in [0.3, 0.4) is 0 Å². The number of hydrogen-bond donors (Lipinski definition) is 1. The first-order chi connectivity index (χ1) is 13.0. The zero-order chi connectivity index (χ0) is 18.9. The molecule has 1 amide bonds. The standard InChI is InChI=1S/C20H19N3O3S/c24-20(16-9-5-2-6-10-16)21-19-13-18(15-7-3-1-4-8-15)22-23(19)17-11-12-27(25,26)14-17/h1-10,13,17H,11-12,14H2,(H,21,24)/t17-/m1/s1. The molecule has 1 aliphatic heterocycles. The number of amides is 1. The Balaban J connectivity index is 1.70. The first-order valence-electron chi connectivity index (χ1n) is 8.74. The number of sulfone groups is 1. The molecule has 0 radical (unpaired) electrons. The number of nitrogens with zero attached hydrogens (tertiary/aromatic N) is 2. The van der Waals surface area contributed by atoms with Crippen LogP contribution in [0.5, 0.6) is 0 Å². The van der Waals surface area contributed by atoms with Gasteiger partial charge in [-0.2, -0.15) is 5.10 Å². The van der Waals surface area contributed by atoms with Crippen LogP contribution in [-0.4, -0.2) is 35.6 Å². The third-order valence-electron chi connectivity index (χ3n) is 4.64. The lowest BCUT2D eigenvalue weighted by atomic mass is 10.1. The maximum atomic E-state index is 12.6. The molecule has 1 N–H and O–H groups in total. The van der Waals surface area contributed by atoms with Gasteiger partial charge in [-0.05, 0) is 18.6 Å². The van der Waals surface area contributed by atoms with Gasteiger partial charge in [0.2, 0.25) is 0 Å². The zero-order valence-electron chi connectivity index (χ0n) is 14.6. The van der Waals surface area contributed by atoms with E-state index in [0.717, 1.165) is 5.56 Å².